The molecule has 0 saturated heterocycles. The van der Waals surface area contributed by atoms with Crippen LogP contribution in [0.4, 0.5) is 0 Å². The minimum absolute atomic E-state index is 0.453. The van der Waals surface area contributed by atoms with Crippen molar-refractivity contribution < 1.29 is 4.74 Å². The molecule has 1 aromatic rings. The van der Waals surface area contributed by atoms with Crippen LogP contribution in [0.1, 0.15) is 70.4 Å². The Hall–Kier alpha value is -1.02. The predicted octanol–water partition coefficient (Wildman–Crippen LogP) is 5.09. The number of ether oxygens (including phenoxy) is 1. The van der Waals surface area contributed by atoms with Crippen molar-refractivity contribution in [2.75, 3.05) is 7.11 Å². The van der Waals surface area contributed by atoms with E-state index in [1.165, 1.54) is 44.1 Å². The zero-order chi connectivity index (χ0) is 15.1. The molecule has 1 unspecified atom stereocenters. The maximum atomic E-state index is 5.25. The van der Waals surface area contributed by atoms with Crippen molar-refractivity contribution in [1.29, 1.82) is 0 Å². The molecule has 1 aliphatic carbocycles. The van der Waals surface area contributed by atoms with Crippen molar-refractivity contribution in [1.82, 2.24) is 5.32 Å². The Bertz CT molecular complexity index is 393. The first-order valence-corrected chi connectivity index (χ1v) is 8.64. The number of hydrogen-bond donors (Lipinski definition) is 1. The van der Waals surface area contributed by atoms with Crippen molar-refractivity contribution in [2.45, 2.75) is 70.9 Å². The second-order valence-electron chi connectivity index (χ2n) is 6.44. The van der Waals surface area contributed by atoms with Gasteiger partial charge in [-0.25, -0.2) is 0 Å². The standard InChI is InChI=1S/C19H31NO/c1-4-19(17-11-13-18(21-3)14-12-17)20-15(2)16-9-7-5-6-8-10-16/h11-16,19-20H,4-10H2,1-3H3/t15-,19?/m0/s1. The van der Waals surface area contributed by atoms with Gasteiger partial charge in [-0.05, 0) is 49.8 Å². The van der Waals surface area contributed by atoms with Crippen LogP contribution >= 0.6 is 0 Å². The molecule has 0 amide bonds. The molecule has 0 radical (unpaired) electrons. The molecule has 118 valence electrons. The monoisotopic (exact) mass is 289 g/mol. The third-order valence-electron chi connectivity index (χ3n) is 5.00. The molecule has 1 fully saturated rings. The quantitative estimate of drug-likeness (QED) is 0.736. The van der Waals surface area contributed by atoms with Crippen LogP contribution < -0.4 is 10.1 Å². The maximum Gasteiger partial charge on any atom is 0.118 e. The fourth-order valence-electron chi connectivity index (χ4n) is 3.55. The first-order chi connectivity index (χ1) is 10.2. The van der Waals surface area contributed by atoms with Gasteiger partial charge >= 0.3 is 0 Å². The van der Waals surface area contributed by atoms with Gasteiger partial charge in [-0.1, -0.05) is 44.7 Å². The average Bonchev–Trinajstić information content (AvgIpc) is 2.82. The van der Waals surface area contributed by atoms with Gasteiger partial charge in [0.05, 0.1) is 7.11 Å². The summed E-state index contributed by atoms with van der Waals surface area (Å²) in [6.07, 6.45) is 9.60. The van der Waals surface area contributed by atoms with Crippen LogP contribution in [0.3, 0.4) is 0 Å². The third-order valence-corrected chi connectivity index (χ3v) is 5.00. The lowest BCUT2D eigenvalue weighted by atomic mass is 9.91. The largest absolute Gasteiger partial charge is 0.497 e. The molecule has 0 heterocycles. The highest BCUT2D eigenvalue weighted by atomic mass is 16.5. The molecule has 0 aliphatic heterocycles. The van der Waals surface area contributed by atoms with E-state index in [4.69, 9.17) is 4.74 Å². The predicted molar refractivity (Wildman–Crippen MR) is 89.8 cm³/mol. The zero-order valence-corrected chi connectivity index (χ0v) is 13.9. The van der Waals surface area contributed by atoms with E-state index in [1.807, 2.05) is 0 Å². The highest BCUT2D eigenvalue weighted by molar-refractivity contribution is 5.29. The van der Waals surface area contributed by atoms with E-state index >= 15 is 0 Å². The minimum atomic E-state index is 0.453. The summed E-state index contributed by atoms with van der Waals surface area (Å²) >= 11 is 0. The van der Waals surface area contributed by atoms with Gasteiger partial charge in [0.15, 0.2) is 0 Å². The lowest BCUT2D eigenvalue weighted by molar-refractivity contribution is 0.306. The number of rotatable bonds is 6. The molecule has 1 aromatic carbocycles. The Morgan fingerprint density at radius 1 is 1.10 bits per heavy atom. The van der Waals surface area contributed by atoms with Crippen LogP contribution in [0.25, 0.3) is 0 Å². The molecular formula is C19H31NO. The lowest BCUT2D eigenvalue weighted by Crippen LogP contribution is -2.36. The zero-order valence-electron chi connectivity index (χ0n) is 13.9. The van der Waals surface area contributed by atoms with Crippen LogP contribution in [0.15, 0.2) is 24.3 Å². The summed E-state index contributed by atoms with van der Waals surface area (Å²) in [4.78, 5) is 0. The Kier molecular flexibility index (Phi) is 6.56. The van der Waals surface area contributed by atoms with Gasteiger partial charge in [0.2, 0.25) is 0 Å². The van der Waals surface area contributed by atoms with Crippen molar-refractivity contribution in [3.63, 3.8) is 0 Å². The van der Waals surface area contributed by atoms with Crippen LogP contribution in [0.2, 0.25) is 0 Å². The van der Waals surface area contributed by atoms with Gasteiger partial charge < -0.3 is 10.1 Å². The van der Waals surface area contributed by atoms with E-state index in [-0.39, 0.29) is 0 Å². The molecule has 2 nitrogen and oxygen atoms in total. The molecule has 0 spiro atoms. The summed E-state index contributed by atoms with van der Waals surface area (Å²) in [7, 11) is 1.72. The molecule has 2 rings (SSSR count). The summed E-state index contributed by atoms with van der Waals surface area (Å²) < 4.78 is 5.25. The SMILES string of the molecule is CCC(N[C@@H](C)C1CCCCCC1)c1ccc(OC)cc1. The molecule has 1 N–H and O–H groups in total. The molecule has 21 heavy (non-hydrogen) atoms. The Morgan fingerprint density at radius 2 is 1.71 bits per heavy atom. The van der Waals surface area contributed by atoms with Crippen molar-refractivity contribution in [3.8, 4) is 5.75 Å². The summed E-state index contributed by atoms with van der Waals surface area (Å²) in [6.45, 7) is 4.64. The fraction of sp³-hybridized carbons (Fsp3) is 0.684. The summed E-state index contributed by atoms with van der Waals surface area (Å²) in [5.74, 6) is 1.78. The van der Waals surface area contributed by atoms with Crippen LogP contribution in [0.5, 0.6) is 5.75 Å². The van der Waals surface area contributed by atoms with Crippen LogP contribution in [-0.4, -0.2) is 13.2 Å². The van der Waals surface area contributed by atoms with E-state index in [2.05, 4.69) is 43.4 Å². The van der Waals surface area contributed by atoms with Gasteiger partial charge in [0.1, 0.15) is 5.75 Å². The topological polar surface area (TPSA) is 21.3 Å². The molecule has 0 bridgehead atoms. The summed E-state index contributed by atoms with van der Waals surface area (Å²) in [5, 5.41) is 3.88. The maximum absolute atomic E-state index is 5.25. The van der Waals surface area contributed by atoms with Crippen LogP contribution in [0, 0.1) is 5.92 Å². The van der Waals surface area contributed by atoms with Crippen LogP contribution in [-0.2, 0) is 0 Å². The van der Waals surface area contributed by atoms with Gasteiger partial charge in [-0.3, -0.25) is 0 Å². The molecule has 1 aliphatic rings. The lowest BCUT2D eigenvalue weighted by Gasteiger charge is -2.29. The highest BCUT2D eigenvalue weighted by Gasteiger charge is 2.21. The van der Waals surface area contributed by atoms with E-state index in [0.29, 0.717) is 12.1 Å². The fourth-order valence-corrected chi connectivity index (χ4v) is 3.55. The van der Waals surface area contributed by atoms with Gasteiger partial charge in [-0.15, -0.1) is 0 Å². The second-order valence-corrected chi connectivity index (χ2v) is 6.44. The molecule has 2 atom stereocenters. The van der Waals surface area contributed by atoms with Gasteiger partial charge in [0.25, 0.3) is 0 Å². The molecular weight excluding hydrogens is 258 g/mol. The first-order valence-electron chi connectivity index (χ1n) is 8.64. The number of benzene rings is 1. The molecule has 2 heteroatoms. The van der Waals surface area contributed by atoms with E-state index < -0.39 is 0 Å². The number of hydrogen-bond acceptors (Lipinski definition) is 2. The second kappa shape index (κ2) is 8.43. The Morgan fingerprint density at radius 3 is 2.24 bits per heavy atom. The van der Waals surface area contributed by atoms with Gasteiger partial charge in [0, 0.05) is 12.1 Å². The summed E-state index contributed by atoms with van der Waals surface area (Å²) in [6, 6.07) is 9.58. The minimum Gasteiger partial charge on any atom is -0.497 e. The molecule has 0 aromatic heterocycles. The average molecular weight is 289 g/mol. The van der Waals surface area contributed by atoms with E-state index in [0.717, 1.165) is 18.1 Å². The van der Waals surface area contributed by atoms with Crippen molar-refractivity contribution in [2.24, 2.45) is 5.92 Å². The number of methoxy groups -OCH3 is 1. The van der Waals surface area contributed by atoms with Gasteiger partial charge in [-0.2, -0.15) is 0 Å². The van der Waals surface area contributed by atoms with E-state index in [9.17, 15) is 0 Å². The van der Waals surface area contributed by atoms with Crippen molar-refractivity contribution >= 4 is 0 Å². The highest BCUT2D eigenvalue weighted by Crippen LogP contribution is 2.28. The first kappa shape index (κ1) is 16.4. The Labute approximate surface area is 130 Å². The van der Waals surface area contributed by atoms with Crippen molar-refractivity contribution in [3.05, 3.63) is 29.8 Å². The summed E-state index contributed by atoms with van der Waals surface area (Å²) in [5.41, 5.74) is 1.37. The normalized spacial score (nSPS) is 19.8. The van der Waals surface area contributed by atoms with E-state index in [1.54, 1.807) is 7.11 Å². The molecule has 1 saturated carbocycles. The Balaban J connectivity index is 1.96. The number of nitrogens with one attached hydrogen (secondary N) is 1. The smallest absolute Gasteiger partial charge is 0.118 e. The third kappa shape index (κ3) is 4.74.